The molecule has 0 aliphatic carbocycles. The van der Waals surface area contributed by atoms with Crippen LogP contribution in [-0.2, 0) is 11.2 Å². The molecule has 0 aliphatic rings. The van der Waals surface area contributed by atoms with Crippen molar-refractivity contribution in [3.63, 3.8) is 0 Å². The van der Waals surface area contributed by atoms with Crippen molar-refractivity contribution in [2.75, 3.05) is 0 Å². The normalized spacial score (nSPS) is 13.6. The molecular weight excluding hydrogens is 278 g/mol. The molecule has 0 saturated heterocycles. The maximum Gasteiger partial charge on any atom is 0.220 e. The van der Waals surface area contributed by atoms with Crippen molar-refractivity contribution in [3.8, 4) is 0 Å². The van der Waals surface area contributed by atoms with E-state index >= 15 is 0 Å². The summed E-state index contributed by atoms with van der Waals surface area (Å²) in [5, 5.41) is 12.9. The first kappa shape index (κ1) is 16.3. The fourth-order valence-electron chi connectivity index (χ4n) is 2.48. The Morgan fingerprint density at radius 3 is 2.73 bits per heavy atom. The van der Waals surface area contributed by atoms with E-state index in [2.05, 4.69) is 18.3 Å². The van der Waals surface area contributed by atoms with Crippen LogP contribution in [0.3, 0.4) is 0 Å². The SMILES string of the molecule is Cc1ccccc1CCC(=O)NC(C)CC(O)c1ccco1. The Kier molecular flexibility index (Phi) is 5.78. The molecule has 0 bridgehead atoms. The second-order valence-corrected chi connectivity index (χ2v) is 5.66. The van der Waals surface area contributed by atoms with Gasteiger partial charge in [-0.1, -0.05) is 24.3 Å². The average Bonchev–Trinajstić information content (AvgIpc) is 3.00. The molecule has 0 aliphatic heterocycles. The van der Waals surface area contributed by atoms with E-state index in [4.69, 9.17) is 4.42 Å². The zero-order valence-corrected chi connectivity index (χ0v) is 13.1. The van der Waals surface area contributed by atoms with E-state index in [-0.39, 0.29) is 11.9 Å². The van der Waals surface area contributed by atoms with Crippen molar-refractivity contribution in [1.82, 2.24) is 5.32 Å². The average molecular weight is 301 g/mol. The predicted octanol–water partition coefficient (Wildman–Crippen LogP) is 3.15. The lowest BCUT2D eigenvalue weighted by Gasteiger charge is -2.17. The number of nitrogens with one attached hydrogen (secondary N) is 1. The Bertz CT molecular complexity index is 592. The van der Waals surface area contributed by atoms with E-state index in [9.17, 15) is 9.90 Å². The van der Waals surface area contributed by atoms with Gasteiger partial charge in [0.15, 0.2) is 0 Å². The maximum atomic E-state index is 12.0. The number of aryl methyl sites for hydroxylation is 2. The van der Waals surface area contributed by atoms with Gasteiger partial charge >= 0.3 is 0 Å². The van der Waals surface area contributed by atoms with Gasteiger partial charge in [0, 0.05) is 18.9 Å². The Morgan fingerprint density at radius 2 is 2.05 bits per heavy atom. The van der Waals surface area contributed by atoms with Crippen LogP contribution >= 0.6 is 0 Å². The third-order valence-electron chi connectivity index (χ3n) is 3.74. The third-order valence-corrected chi connectivity index (χ3v) is 3.74. The predicted molar refractivity (Wildman–Crippen MR) is 85.4 cm³/mol. The smallest absolute Gasteiger partial charge is 0.220 e. The first-order valence-electron chi connectivity index (χ1n) is 7.61. The number of aliphatic hydroxyl groups is 1. The number of rotatable bonds is 7. The van der Waals surface area contributed by atoms with Crippen LogP contribution in [0.1, 0.15) is 42.8 Å². The number of carbonyl (C=O) groups excluding carboxylic acids is 1. The van der Waals surface area contributed by atoms with Crippen LogP contribution in [0.15, 0.2) is 47.1 Å². The van der Waals surface area contributed by atoms with Crippen LogP contribution in [0, 0.1) is 6.92 Å². The first-order chi connectivity index (χ1) is 10.6. The number of hydrogen-bond acceptors (Lipinski definition) is 3. The molecule has 1 amide bonds. The van der Waals surface area contributed by atoms with Crippen molar-refractivity contribution in [3.05, 3.63) is 59.5 Å². The molecule has 2 unspecified atom stereocenters. The van der Waals surface area contributed by atoms with Gasteiger partial charge in [-0.2, -0.15) is 0 Å². The topological polar surface area (TPSA) is 62.5 Å². The molecule has 2 N–H and O–H groups in total. The number of carbonyl (C=O) groups is 1. The van der Waals surface area contributed by atoms with Crippen LogP contribution < -0.4 is 5.32 Å². The van der Waals surface area contributed by atoms with Crippen molar-refractivity contribution in [1.29, 1.82) is 0 Å². The van der Waals surface area contributed by atoms with Gasteiger partial charge in [0.05, 0.1) is 6.26 Å². The molecular formula is C18H23NO3. The van der Waals surface area contributed by atoms with E-state index < -0.39 is 6.10 Å². The lowest BCUT2D eigenvalue weighted by atomic mass is 10.0. The minimum atomic E-state index is -0.693. The number of benzene rings is 1. The molecule has 2 rings (SSSR count). The number of furan rings is 1. The molecule has 0 radical (unpaired) electrons. The van der Waals surface area contributed by atoms with Gasteiger partial charge in [-0.3, -0.25) is 4.79 Å². The van der Waals surface area contributed by atoms with E-state index in [1.54, 1.807) is 12.1 Å². The van der Waals surface area contributed by atoms with E-state index in [0.29, 0.717) is 18.6 Å². The molecule has 22 heavy (non-hydrogen) atoms. The highest BCUT2D eigenvalue weighted by Gasteiger charge is 2.16. The van der Waals surface area contributed by atoms with E-state index in [0.717, 1.165) is 6.42 Å². The second kappa shape index (κ2) is 7.80. The number of hydrogen-bond donors (Lipinski definition) is 2. The lowest BCUT2D eigenvalue weighted by molar-refractivity contribution is -0.121. The summed E-state index contributed by atoms with van der Waals surface area (Å²) in [6.07, 6.45) is 2.45. The van der Waals surface area contributed by atoms with Crippen LogP contribution in [0.5, 0.6) is 0 Å². The third kappa shape index (κ3) is 4.74. The standard InChI is InChI=1S/C18H23NO3/c1-13-6-3-4-7-15(13)9-10-18(21)19-14(2)12-16(20)17-8-5-11-22-17/h3-8,11,14,16,20H,9-10,12H2,1-2H3,(H,19,21). The molecule has 0 fully saturated rings. The summed E-state index contributed by atoms with van der Waals surface area (Å²) in [5.41, 5.74) is 2.40. The van der Waals surface area contributed by atoms with Crippen LogP contribution in [0.2, 0.25) is 0 Å². The minimum Gasteiger partial charge on any atom is -0.467 e. The van der Waals surface area contributed by atoms with Gasteiger partial charge in [0.25, 0.3) is 0 Å². The summed E-state index contributed by atoms with van der Waals surface area (Å²) in [5.74, 6) is 0.531. The Balaban J connectivity index is 1.76. The summed E-state index contributed by atoms with van der Waals surface area (Å²) in [4.78, 5) is 12.0. The Morgan fingerprint density at radius 1 is 1.27 bits per heavy atom. The molecule has 0 saturated carbocycles. The highest BCUT2D eigenvalue weighted by Crippen LogP contribution is 2.18. The number of aliphatic hydroxyl groups excluding tert-OH is 1. The summed E-state index contributed by atoms with van der Waals surface area (Å²) in [6, 6.07) is 11.5. The highest BCUT2D eigenvalue weighted by molar-refractivity contribution is 5.76. The fourth-order valence-corrected chi connectivity index (χ4v) is 2.48. The van der Waals surface area contributed by atoms with Gasteiger partial charge in [0.1, 0.15) is 11.9 Å². The van der Waals surface area contributed by atoms with Gasteiger partial charge in [-0.25, -0.2) is 0 Å². The van der Waals surface area contributed by atoms with Crippen LogP contribution in [0.4, 0.5) is 0 Å². The molecule has 1 heterocycles. The quantitative estimate of drug-likeness (QED) is 0.826. The maximum absolute atomic E-state index is 12.0. The molecule has 1 aromatic carbocycles. The van der Waals surface area contributed by atoms with Gasteiger partial charge in [0.2, 0.25) is 5.91 Å². The van der Waals surface area contributed by atoms with E-state index in [1.165, 1.54) is 17.4 Å². The van der Waals surface area contributed by atoms with Gasteiger partial charge in [-0.05, 0) is 43.5 Å². The molecule has 0 spiro atoms. The Hall–Kier alpha value is -2.07. The summed E-state index contributed by atoms with van der Waals surface area (Å²) >= 11 is 0. The molecule has 1 aromatic heterocycles. The first-order valence-corrected chi connectivity index (χ1v) is 7.61. The van der Waals surface area contributed by atoms with Crippen molar-refractivity contribution >= 4 is 5.91 Å². The van der Waals surface area contributed by atoms with Crippen molar-refractivity contribution in [2.24, 2.45) is 0 Å². The molecule has 2 aromatic rings. The second-order valence-electron chi connectivity index (χ2n) is 5.66. The highest BCUT2D eigenvalue weighted by atomic mass is 16.4. The zero-order valence-electron chi connectivity index (χ0n) is 13.1. The molecule has 4 heteroatoms. The zero-order chi connectivity index (χ0) is 15.9. The lowest BCUT2D eigenvalue weighted by Crippen LogP contribution is -2.33. The molecule has 118 valence electrons. The Labute approximate surface area is 131 Å². The van der Waals surface area contributed by atoms with Crippen molar-refractivity contribution in [2.45, 2.75) is 45.3 Å². The summed E-state index contributed by atoms with van der Waals surface area (Å²) in [7, 11) is 0. The molecule has 2 atom stereocenters. The van der Waals surface area contributed by atoms with Crippen molar-refractivity contribution < 1.29 is 14.3 Å². The van der Waals surface area contributed by atoms with Crippen LogP contribution in [0.25, 0.3) is 0 Å². The van der Waals surface area contributed by atoms with Crippen LogP contribution in [-0.4, -0.2) is 17.1 Å². The molecule has 4 nitrogen and oxygen atoms in total. The fraction of sp³-hybridized carbons (Fsp3) is 0.389. The summed E-state index contributed by atoms with van der Waals surface area (Å²) in [6.45, 7) is 3.94. The van der Waals surface area contributed by atoms with Gasteiger partial charge in [-0.15, -0.1) is 0 Å². The van der Waals surface area contributed by atoms with E-state index in [1.807, 2.05) is 25.1 Å². The summed E-state index contributed by atoms with van der Waals surface area (Å²) < 4.78 is 5.16. The monoisotopic (exact) mass is 301 g/mol. The van der Waals surface area contributed by atoms with Gasteiger partial charge < -0.3 is 14.8 Å². The number of amides is 1. The largest absolute Gasteiger partial charge is 0.467 e. The minimum absolute atomic E-state index is 0.00222.